The van der Waals surface area contributed by atoms with Gasteiger partial charge in [0, 0.05) is 5.69 Å². The molecule has 0 heterocycles. The van der Waals surface area contributed by atoms with Crippen LogP contribution < -0.4 is 14.8 Å². The van der Waals surface area contributed by atoms with E-state index in [1.54, 1.807) is 0 Å². The van der Waals surface area contributed by atoms with Crippen molar-refractivity contribution in [1.82, 2.24) is 4.72 Å². The van der Waals surface area contributed by atoms with Gasteiger partial charge in [0.15, 0.2) is 0 Å². The van der Waals surface area contributed by atoms with Gasteiger partial charge in [-0.2, -0.15) is 4.72 Å². The number of sulfonamides is 1. The Morgan fingerprint density at radius 1 is 1.07 bits per heavy atom. The van der Waals surface area contributed by atoms with Crippen molar-refractivity contribution in [3.05, 3.63) is 53.1 Å². The van der Waals surface area contributed by atoms with Crippen LogP contribution in [0.15, 0.2) is 47.4 Å². The summed E-state index contributed by atoms with van der Waals surface area (Å²) in [5.74, 6) is -0.743. The molecule has 0 aliphatic carbocycles. The fraction of sp³-hybridized carbons (Fsp3) is 0.222. The largest absolute Gasteiger partial charge is 0.495 e. The Kier molecular flexibility index (Phi) is 7.00. The molecule has 0 radical (unpaired) electrons. The summed E-state index contributed by atoms with van der Waals surface area (Å²) >= 11 is 5.96. The quantitative estimate of drug-likeness (QED) is 0.658. The van der Waals surface area contributed by atoms with Gasteiger partial charge in [0.2, 0.25) is 15.9 Å². The Hall–Kier alpha value is -2.62. The summed E-state index contributed by atoms with van der Waals surface area (Å²) in [6.45, 7) is 1.40. The van der Waals surface area contributed by atoms with Gasteiger partial charge in [-0.1, -0.05) is 11.6 Å². The number of hydrogen-bond donors (Lipinski definition) is 2. The van der Waals surface area contributed by atoms with Crippen molar-refractivity contribution in [1.29, 1.82) is 0 Å². The molecule has 2 N–H and O–H groups in total. The predicted octanol–water partition coefficient (Wildman–Crippen LogP) is 2.44. The van der Waals surface area contributed by atoms with Crippen LogP contribution in [0.1, 0.15) is 17.3 Å². The highest BCUT2D eigenvalue weighted by atomic mass is 35.5. The number of carbonyl (C=O) groups is 2. The second-order valence-corrected chi connectivity index (χ2v) is 7.82. The zero-order valence-corrected chi connectivity index (χ0v) is 16.9. The molecule has 0 aromatic heterocycles. The average molecular weight is 427 g/mol. The van der Waals surface area contributed by atoms with E-state index in [-0.39, 0.29) is 9.92 Å². The van der Waals surface area contributed by atoms with Crippen LogP contribution in [0, 0.1) is 0 Å². The van der Waals surface area contributed by atoms with E-state index in [0.717, 1.165) is 0 Å². The van der Waals surface area contributed by atoms with Crippen molar-refractivity contribution in [2.75, 3.05) is 19.5 Å². The summed E-state index contributed by atoms with van der Waals surface area (Å²) in [7, 11) is -1.30. The monoisotopic (exact) mass is 426 g/mol. The molecule has 0 saturated heterocycles. The van der Waals surface area contributed by atoms with Gasteiger partial charge >= 0.3 is 5.97 Å². The molecular weight excluding hydrogens is 408 g/mol. The van der Waals surface area contributed by atoms with Crippen molar-refractivity contribution in [2.24, 2.45) is 0 Å². The molecule has 0 spiro atoms. The first kappa shape index (κ1) is 21.7. The summed E-state index contributed by atoms with van der Waals surface area (Å²) < 4.78 is 36.8. The highest BCUT2D eigenvalue weighted by Crippen LogP contribution is 2.27. The molecule has 0 fully saturated rings. The maximum atomic E-state index is 12.5. The minimum Gasteiger partial charge on any atom is -0.495 e. The van der Waals surface area contributed by atoms with Gasteiger partial charge in [0.25, 0.3) is 0 Å². The lowest BCUT2D eigenvalue weighted by Crippen LogP contribution is -2.41. The molecule has 28 heavy (non-hydrogen) atoms. The van der Waals surface area contributed by atoms with Crippen LogP contribution in [0.2, 0.25) is 5.02 Å². The van der Waals surface area contributed by atoms with Crippen LogP contribution in [-0.2, 0) is 19.6 Å². The second-order valence-electron chi connectivity index (χ2n) is 5.70. The number of carbonyl (C=O) groups excluding carboxylic acids is 2. The summed E-state index contributed by atoms with van der Waals surface area (Å²) in [6.07, 6.45) is 0. The van der Waals surface area contributed by atoms with E-state index in [1.165, 1.54) is 63.6 Å². The summed E-state index contributed by atoms with van der Waals surface area (Å²) in [6, 6.07) is 8.90. The van der Waals surface area contributed by atoms with E-state index in [4.69, 9.17) is 16.3 Å². The number of hydrogen-bond acceptors (Lipinski definition) is 6. The molecule has 1 atom stereocenters. The van der Waals surface area contributed by atoms with E-state index in [1.807, 2.05) is 0 Å². The van der Waals surface area contributed by atoms with Crippen LogP contribution in [0.5, 0.6) is 5.75 Å². The summed E-state index contributed by atoms with van der Waals surface area (Å²) in [4.78, 5) is 23.6. The molecule has 0 aliphatic rings. The zero-order valence-electron chi connectivity index (χ0n) is 15.4. The van der Waals surface area contributed by atoms with Crippen LogP contribution >= 0.6 is 11.6 Å². The minimum absolute atomic E-state index is 0.0969. The fourth-order valence-corrected chi connectivity index (χ4v) is 3.78. The van der Waals surface area contributed by atoms with E-state index in [2.05, 4.69) is 14.8 Å². The lowest BCUT2D eigenvalue weighted by Gasteiger charge is -2.15. The van der Waals surface area contributed by atoms with Crippen molar-refractivity contribution in [3.8, 4) is 5.75 Å². The number of amides is 1. The number of rotatable bonds is 7. The highest BCUT2D eigenvalue weighted by Gasteiger charge is 2.23. The van der Waals surface area contributed by atoms with E-state index in [0.29, 0.717) is 17.0 Å². The molecular formula is C18H19ClN2O6S. The Morgan fingerprint density at radius 3 is 2.25 bits per heavy atom. The zero-order chi connectivity index (χ0) is 20.9. The Labute approximate surface area is 167 Å². The summed E-state index contributed by atoms with van der Waals surface area (Å²) in [5, 5.41) is 2.70. The average Bonchev–Trinajstić information content (AvgIpc) is 2.67. The number of halogens is 1. The number of esters is 1. The minimum atomic E-state index is -3.98. The highest BCUT2D eigenvalue weighted by molar-refractivity contribution is 7.89. The topological polar surface area (TPSA) is 111 Å². The molecule has 1 amide bonds. The van der Waals surface area contributed by atoms with Gasteiger partial charge in [-0.05, 0) is 49.4 Å². The van der Waals surface area contributed by atoms with Crippen molar-refractivity contribution < 1.29 is 27.5 Å². The Morgan fingerprint density at radius 2 is 1.71 bits per heavy atom. The van der Waals surface area contributed by atoms with Crippen LogP contribution in [0.4, 0.5) is 5.69 Å². The molecule has 2 rings (SSSR count). The first-order chi connectivity index (χ1) is 13.2. The van der Waals surface area contributed by atoms with E-state index < -0.39 is 27.9 Å². The molecule has 0 aliphatic heterocycles. The first-order valence-corrected chi connectivity index (χ1v) is 9.89. The summed E-state index contributed by atoms with van der Waals surface area (Å²) in [5.41, 5.74) is 0.724. The molecule has 8 nitrogen and oxygen atoms in total. The lowest BCUT2D eigenvalue weighted by molar-refractivity contribution is -0.117. The van der Waals surface area contributed by atoms with Gasteiger partial charge in [0.05, 0.1) is 35.7 Å². The smallest absolute Gasteiger partial charge is 0.337 e. The fourth-order valence-electron chi connectivity index (χ4n) is 2.23. The number of benzene rings is 2. The van der Waals surface area contributed by atoms with Crippen LogP contribution in [0.3, 0.4) is 0 Å². The van der Waals surface area contributed by atoms with Gasteiger partial charge in [-0.25, -0.2) is 13.2 Å². The van der Waals surface area contributed by atoms with Crippen LogP contribution in [-0.4, -0.2) is 40.6 Å². The van der Waals surface area contributed by atoms with E-state index >= 15 is 0 Å². The van der Waals surface area contributed by atoms with Crippen molar-refractivity contribution >= 4 is 39.2 Å². The van der Waals surface area contributed by atoms with E-state index in [9.17, 15) is 18.0 Å². The van der Waals surface area contributed by atoms with Crippen molar-refractivity contribution in [3.63, 3.8) is 0 Å². The predicted molar refractivity (Wildman–Crippen MR) is 104 cm³/mol. The molecule has 0 saturated carbocycles. The van der Waals surface area contributed by atoms with Crippen molar-refractivity contribution in [2.45, 2.75) is 17.9 Å². The molecule has 2 aromatic carbocycles. The Bertz CT molecular complexity index is 976. The van der Waals surface area contributed by atoms with Crippen LogP contribution in [0.25, 0.3) is 0 Å². The number of ether oxygens (including phenoxy) is 2. The third kappa shape index (κ3) is 5.22. The Balaban J connectivity index is 2.06. The van der Waals surface area contributed by atoms with Gasteiger partial charge in [-0.15, -0.1) is 0 Å². The standard InChI is InChI=1S/C18H19ClN2O6S/c1-11(17(22)20-13-6-4-12(5-7-13)18(23)27-3)21-28(24,25)14-8-9-16(26-2)15(19)10-14/h4-11,21H,1-3H3,(H,20,22). The third-order valence-electron chi connectivity index (χ3n) is 3.73. The molecule has 1 unspecified atom stereocenters. The first-order valence-electron chi connectivity index (χ1n) is 8.03. The second kappa shape index (κ2) is 9.05. The number of anilines is 1. The third-order valence-corrected chi connectivity index (χ3v) is 5.57. The van der Waals surface area contributed by atoms with Gasteiger partial charge in [0.1, 0.15) is 5.75 Å². The number of nitrogens with one attached hydrogen (secondary N) is 2. The van der Waals surface area contributed by atoms with Gasteiger partial charge < -0.3 is 14.8 Å². The maximum Gasteiger partial charge on any atom is 0.337 e. The SMILES string of the molecule is COC(=O)c1ccc(NC(=O)C(C)NS(=O)(=O)c2ccc(OC)c(Cl)c2)cc1. The molecule has 10 heteroatoms. The molecule has 150 valence electrons. The molecule has 2 aromatic rings. The number of methoxy groups -OCH3 is 2. The molecule has 0 bridgehead atoms. The van der Waals surface area contributed by atoms with Gasteiger partial charge in [-0.3, -0.25) is 4.79 Å². The lowest BCUT2D eigenvalue weighted by atomic mass is 10.2. The maximum absolute atomic E-state index is 12.5. The normalized spacial score (nSPS) is 12.1.